The van der Waals surface area contributed by atoms with Crippen molar-refractivity contribution in [2.45, 2.75) is 76.0 Å². The van der Waals surface area contributed by atoms with E-state index >= 15 is 0 Å². The Bertz CT molecular complexity index is 917. The number of rotatable bonds is 12. The summed E-state index contributed by atoms with van der Waals surface area (Å²) in [5, 5.41) is 4.05. The molecule has 0 radical (unpaired) electrons. The van der Waals surface area contributed by atoms with Crippen molar-refractivity contribution in [1.82, 2.24) is 14.4 Å². The Morgan fingerprint density at radius 1 is 1.06 bits per heavy atom. The van der Waals surface area contributed by atoms with Gasteiger partial charge in [0, 0.05) is 31.5 Å². The van der Waals surface area contributed by atoms with Crippen LogP contribution >= 0.6 is 0 Å². The van der Waals surface area contributed by atoms with Crippen LogP contribution in [-0.2, 0) is 21.2 Å². The van der Waals surface area contributed by atoms with E-state index in [0.29, 0.717) is 31.2 Å². The van der Waals surface area contributed by atoms with Crippen molar-refractivity contribution >= 4 is 16.3 Å². The summed E-state index contributed by atoms with van der Waals surface area (Å²) in [5.41, 5.74) is 0.738. The lowest BCUT2D eigenvalue weighted by atomic mass is 9.95. The molecule has 3 rings (SSSR count). The van der Waals surface area contributed by atoms with E-state index in [1.807, 2.05) is 0 Å². The Balaban J connectivity index is 1.55. The molecule has 1 saturated heterocycles. The summed E-state index contributed by atoms with van der Waals surface area (Å²) < 4.78 is 32.7. The van der Waals surface area contributed by atoms with Crippen molar-refractivity contribution in [3.63, 3.8) is 0 Å². The molecule has 0 aliphatic carbocycles. The highest BCUT2D eigenvalue weighted by Crippen LogP contribution is 2.26. The van der Waals surface area contributed by atoms with E-state index < -0.39 is 10.0 Å². The molecule has 2 aromatic rings. The number of aldehydes is 1. The molecule has 1 aromatic carbocycles. The molecule has 1 fully saturated rings. The number of aryl methyl sites for hydroxylation is 1. The maximum absolute atomic E-state index is 12.9. The maximum atomic E-state index is 12.9. The van der Waals surface area contributed by atoms with Gasteiger partial charge in [-0.1, -0.05) is 44.2 Å². The smallest absolute Gasteiger partial charge is 0.243 e. The molecule has 1 aliphatic heterocycles. The third kappa shape index (κ3) is 6.46. The van der Waals surface area contributed by atoms with Crippen LogP contribution < -0.4 is 0 Å². The van der Waals surface area contributed by atoms with E-state index in [2.05, 4.69) is 17.1 Å². The van der Waals surface area contributed by atoms with Gasteiger partial charge in [-0.2, -0.15) is 9.29 Å². The molecule has 0 amide bonds. The normalized spacial score (nSPS) is 15.9. The molecule has 31 heavy (non-hydrogen) atoms. The van der Waals surface area contributed by atoms with Gasteiger partial charge in [0.25, 0.3) is 0 Å². The number of aromatic nitrogens is 2. The Morgan fingerprint density at radius 2 is 1.74 bits per heavy atom. The number of unbranched alkanes of at least 4 members (excludes halogenated alkanes) is 5. The van der Waals surface area contributed by atoms with Gasteiger partial charge in [0.2, 0.25) is 21.7 Å². The summed E-state index contributed by atoms with van der Waals surface area (Å²) in [7, 11) is -3.54. The van der Waals surface area contributed by atoms with Gasteiger partial charge in [0.15, 0.2) is 0 Å². The van der Waals surface area contributed by atoms with Crippen molar-refractivity contribution in [1.29, 1.82) is 0 Å². The summed E-state index contributed by atoms with van der Waals surface area (Å²) in [6, 6.07) is 6.66. The first kappa shape index (κ1) is 23.6. The van der Waals surface area contributed by atoms with Gasteiger partial charge in [-0.05, 0) is 49.4 Å². The zero-order valence-electron chi connectivity index (χ0n) is 18.3. The van der Waals surface area contributed by atoms with Gasteiger partial charge in [-0.15, -0.1) is 0 Å². The third-order valence-electron chi connectivity index (χ3n) is 5.97. The number of hydrogen-bond acceptors (Lipinski definition) is 6. The minimum Gasteiger partial charge on any atom is -0.339 e. The summed E-state index contributed by atoms with van der Waals surface area (Å²) in [6.45, 7) is 3.12. The fourth-order valence-corrected chi connectivity index (χ4v) is 5.45. The Kier molecular flexibility index (Phi) is 8.78. The number of benzene rings is 1. The summed E-state index contributed by atoms with van der Waals surface area (Å²) in [6.07, 6.45) is 10.9. The molecule has 170 valence electrons. The molecular weight excluding hydrogens is 414 g/mol. The minimum absolute atomic E-state index is 0.265. The summed E-state index contributed by atoms with van der Waals surface area (Å²) in [4.78, 5) is 15.4. The van der Waals surface area contributed by atoms with Gasteiger partial charge in [0.1, 0.15) is 6.29 Å². The number of carbonyl (C=O) groups excluding carboxylic acids is 1. The Labute approximate surface area is 185 Å². The van der Waals surface area contributed by atoms with Crippen LogP contribution in [0.5, 0.6) is 0 Å². The monoisotopic (exact) mass is 447 g/mol. The lowest BCUT2D eigenvalue weighted by Gasteiger charge is -2.30. The fraction of sp³-hybridized carbons (Fsp3) is 0.609. The highest BCUT2D eigenvalue weighted by Gasteiger charge is 2.29. The van der Waals surface area contributed by atoms with Gasteiger partial charge in [-0.3, -0.25) is 0 Å². The van der Waals surface area contributed by atoms with Crippen molar-refractivity contribution in [2.24, 2.45) is 5.92 Å². The first-order valence-electron chi connectivity index (χ1n) is 11.4. The molecule has 0 spiro atoms. The second-order valence-corrected chi connectivity index (χ2v) is 10.2. The van der Waals surface area contributed by atoms with E-state index in [0.717, 1.165) is 44.0 Å². The molecule has 0 N–H and O–H groups in total. The van der Waals surface area contributed by atoms with Crippen LogP contribution in [0.3, 0.4) is 0 Å². The van der Waals surface area contributed by atoms with E-state index in [4.69, 9.17) is 4.52 Å². The van der Waals surface area contributed by atoms with Gasteiger partial charge in [0.05, 0.1) is 4.90 Å². The molecule has 7 nitrogen and oxygen atoms in total. The van der Waals surface area contributed by atoms with E-state index in [1.165, 1.54) is 30.0 Å². The highest BCUT2D eigenvalue weighted by atomic mass is 32.2. The van der Waals surface area contributed by atoms with Crippen molar-refractivity contribution < 1.29 is 17.7 Å². The molecule has 8 heteroatoms. The molecule has 1 aromatic heterocycles. The Morgan fingerprint density at radius 3 is 2.42 bits per heavy atom. The first-order chi connectivity index (χ1) is 15.0. The lowest BCUT2D eigenvalue weighted by Crippen LogP contribution is -2.38. The van der Waals surface area contributed by atoms with Crippen LogP contribution in [0, 0.1) is 5.92 Å². The number of nitrogens with zero attached hydrogens (tertiary/aromatic N) is 3. The second kappa shape index (κ2) is 11.5. The Hall–Kier alpha value is -2.06. The fourth-order valence-electron chi connectivity index (χ4n) is 3.98. The first-order valence-corrected chi connectivity index (χ1v) is 12.9. The zero-order valence-corrected chi connectivity index (χ0v) is 19.1. The quantitative estimate of drug-likeness (QED) is 0.348. The van der Waals surface area contributed by atoms with Crippen LogP contribution in [-0.4, -0.2) is 42.2 Å². The van der Waals surface area contributed by atoms with Crippen molar-refractivity contribution in [2.75, 3.05) is 13.1 Å². The summed E-state index contributed by atoms with van der Waals surface area (Å²) in [5.74, 6) is 1.40. The SMILES string of the molecule is CCCCCCCCc1nc(-c2ccc(S(=O)(=O)N3CCC(CC=O)CC3)cc2)no1. The predicted molar refractivity (Wildman–Crippen MR) is 119 cm³/mol. The van der Waals surface area contributed by atoms with Crippen LogP contribution in [0.25, 0.3) is 11.4 Å². The van der Waals surface area contributed by atoms with Gasteiger partial charge >= 0.3 is 0 Å². The molecule has 0 unspecified atom stereocenters. The van der Waals surface area contributed by atoms with Gasteiger partial charge in [-0.25, -0.2) is 8.42 Å². The zero-order chi connectivity index (χ0) is 22.1. The average Bonchev–Trinajstić information content (AvgIpc) is 3.26. The molecular formula is C23H33N3O4S. The maximum Gasteiger partial charge on any atom is 0.243 e. The van der Waals surface area contributed by atoms with E-state index in [-0.39, 0.29) is 10.8 Å². The number of carbonyl (C=O) groups is 1. The topological polar surface area (TPSA) is 93.4 Å². The number of piperidine rings is 1. The van der Waals surface area contributed by atoms with Crippen LogP contribution in [0.15, 0.2) is 33.7 Å². The molecule has 0 saturated carbocycles. The largest absolute Gasteiger partial charge is 0.339 e. The average molecular weight is 448 g/mol. The van der Waals surface area contributed by atoms with Crippen LogP contribution in [0.2, 0.25) is 0 Å². The molecule has 1 aliphatic rings. The molecule has 0 bridgehead atoms. The molecule has 2 heterocycles. The van der Waals surface area contributed by atoms with Crippen LogP contribution in [0.1, 0.15) is 70.6 Å². The highest BCUT2D eigenvalue weighted by molar-refractivity contribution is 7.89. The second-order valence-electron chi connectivity index (χ2n) is 8.30. The van der Waals surface area contributed by atoms with Crippen LogP contribution in [0.4, 0.5) is 0 Å². The lowest BCUT2D eigenvalue weighted by molar-refractivity contribution is -0.108. The molecule has 0 atom stereocenters. The van der Waals surface area contributed by atoms with Gasteiger partial charge < -0.3 is 9.32 Å². The third-order valence-corrected chi connectivity index (χ3v) is 7.88. The minimum atomic E-state index is -3.54. The number of hydrogen-bond donors (Lipinski definition) is 0. The predicted octanol–water partition coefficient (Wildman–Crippen LogP) is 4.63. The van der Waals surface area contributed by atoms with E-state index in [1.54, 1.807) is 24.3 Å². The standard InChI is InChI=1S/C23H33N3O4S/c1-2-3-4-5-6-7-8-22-24-23(25-30-22)20-9-11-21(12-10-20)31(28,29)26-16-13-19(14-17-26)15-18-27/h9-12,18-19H,2-8,13-17H2,1H3. The number of sulfonamides is 1. The van der Waals surface area contributed by atoms with E-state index in [9.17, 15) is 13.2 Å². The van der Waals surface area contributed by atoms with Crippen molar-refractivity contribution in [3.05, 3.63) is 30.2 Å². The summed E-state index contributed by atoms with van der Waals surface area (Å²) >= 11 is 0. The van der Waals surface area contributed by atoms with Crippen molar-refractivity contribution in [3.8, 4) is 11.4 Å².